The topological polar surface area (TPSA) is 47.7 Å². The van der Waals surface area contributed by atoms with Crippen LogP contribution in [0.3, 0.4) is 0 Å². The molecule has 0 aromatic heterocycles. The van der Waals surface area contributed by atoms with Crippen molar-refractivity contribution in [2.24, 2.45) is 0 Å². The summed E-state index contributed by atoms with van der Waals surface area (Å²) in [4.78, 5) is 2.27. The zero-order valence-electron chi connectivity index (χ0n) is 11.4. The van der Waals surface area contributed by atoms with Gasteiger partial charge in [0.1, 0.15) is 0 Å². The fraction of sp³-hybridized carbons (Fsp3) is 0.571. The molecule has 0 aliphatic heterocycles. The Labute approximate surface area is 110 Å². The maximum Gasteiger partial charge on any atom is 0.0700 e. The molecule has 0 heterocycles. The number of nitrogens with two attached hydrogens (primary N) is 1. The minimum absolute atomic E-state index is 0.656. The zero-order valence-corrected chi connectivity index (χ0v) is 11.4. The van der Waals surface area contributed by atoms with Crippen molar-refractivity contribution in [3.05, 3.63) is 24.3 Å². The van der Waals surface area contributed by atoms with Crippen LogP contribution in [-0.4, -0.2) is 40.0 Å². The molecule has 102 valence electrons. The number of nitrogens with zero attached hydrogens (tertiary/aromatic N) is 1. The molecule has 0 fully saturated rings. The van der Waals surface area contributed by atoms with Crippen LogP contribution in [0.2, 0.25) is 0 Å². The quantitative estimate of drug-likeness (QED) is 0.540. The lowest BCUT2D eigenvalue weighted by molar-refractivity contribution is 0.0700. The van der Waals surface area contributed by atoms with Gasteiger partial charge in [0.05, 0.1) is 24.6 Å². The molecule has 1 aromatic carbocycles. The average molecular weight is 252 g/mol. The summed E-state index contributed by atoms with van der Waals surface area (Å²) in [5, 5.41) is 0. The van der Waals surface area contributed by atoms with E-state index in [1.807, 2.05) is 18.2 Å². The van der Waals surface area contributed by atoms with E-state index in [9.17, 15) is 0 Å². The highest BCUT2D eigenvalue weighted by molar-refractivity contribution is 5.67. The fourth-order valence-corrected chi connectivity index (χ4v) is 1.83. The van der Waals surface area contributed by atoms with Gasteiger partial charge in [-0.25, -0.2) is 0 Å². The minimum atomic E-state index is 0.656. The van der Waals surface area contributed by atoms with Crippen LogP contribution in [0.4, 0.5) is 11.4 Å². The lowest BCUT2D eigenvalue weighted by Gasteiger charge is -2.24. The summed E-state index contributed by atoms with van der Waals surface area (Å²) in [6, 6.07) is 7.97. The van der Waals surface area contributed by atoms with Crippen molar-refractivity contribution in [3.8, 4) is 0 Å². The van der Waals surface area contributed by atoms with Gasteiger partial charge < -0.3 is 20.1 Å². The second-order valence-electron chi connectivity index (χ2n) is 4.10. The van der Waals surface area contributed by atoms with Crippen LogP contribution >= 0.6 is 0 Å². The summed E-state index contributed by atoms with van der Waals surface area (Å²) in [6.45, 7) is 6.12. The number of hydrogen-bond acceptors (Lipinski definition) is 4. The monoisotopic (exact) mass is 252 g/mol. The maximum atomic E-state index is 5.98. The normalized spacial score (nSPS) is 10.6. The van der Waals surface area contributed by atoms with Gasteiger partial charge in [0.15, 0.2) is 0 Å². The van der Waals surface area contributed by atoms with Crippen molar-refractivity contribution in [3.63, 3.8) is 0 Å². The summed E-state index contributed by atoms with van der Waals surface area (Å²) < 4.78 is 10.4. The van der Waals surface area contributed by atoms with E-state index in [0.29, 0.717) is 13.2 Å². The Hall–Kier alpha value is -1.26. The van der Waals surface area contributed by atoms with Crippen LogP contribution in [0, 0.1) is 0 Å². The second-order valence-corrected chi connectivity index (χ2v) is 4.10. The van der Waals surface area contributed by atoms with E-state index in [1.54, 1.807) is 7.11 Å². The van der Waals surface area contributed by atoms with E-state index < -0.39 is 0 Å². The number of hydrogen-bond donors (Lipinski definition) is 1. The molecule has 0 saturated carbocycles. The summed E-state index contributed by atoms with van der Waals surface area (Å²) >= 11 is 0. The Bertz CT molecular complexity index is 331. The van der Waals surface area contributed by atoms with Crippen molar-refractivity contribution in [2.75, 3.05) is 50.7 Å². The van der Waals surface area contributed by atoms with E-state index in [4.69, 9.17) is 15.2 Å². The molecule has 0 aliphatic carbocycles. The standard InChI is InChI=1S/C14H24N2O2/c1-3-16(9-6-10-18-12-11-17-2)14-8-5-4-7-13(14)15/h4-5,7-8H,3,6,9-12,15H2,1-2H3. The lowest BCUT2D eigenvalue weighted by atomic mass is 10.2. The first kappa shape index (κ1) is 14.8. The molecule has 0 unspecified atom stereocenters. The van der Waals surface area contributed by atoms with Gasteiger partial charge in [0, 0.05) is 26.8 Å². The molecule has 0 spiro atoms. The molecule has 0 radical (unpaired) electrons. The third-order valence-electron chi connectivity index (χ3n) is 2.81. The van der Waals surface area contributed by atoms with Gasteiger partial charge in [-0.05, 0) is 25.5 Å². The fourth-order valence-electron chi connectivity index (χ4n) is 1.83. The largest absolute Gasteiger partial charge is 0.397 e. The highest BCUT2D eigenvalue weighted by atomic mass is 16.5. The Morgan fingerprint density at radius 3 is 2.61 bits per heavy atom. The number of para-hydroxylation sites is 2. The number of ether oxygens (including phenoxy) is 2. The van der Waals surface area contributed by atoms with E-state index in [1.165, 1.54) is 0 Å². The Balaban J connectivity index is 2.32. The predicted molar refractivity (Wildman–Crippen MR) is 76.1 cm³/mol. The average Bonchev–Trinajstić information content (AvgIpc) is 2.39. The lowest BCUT2D eigenvalue weighted by Crippen LogP contribution is -2.25. The first-order chi connectivity index (χ1) is 8.79. The molecular weight excluding hydrogens is 228 g/mol. The third-order valence-corrected chi connectivity index (χ3v) is 2.81. The van der Waals surface area contributed by atoms with Gasteiger partial charge in [-0.1, -0.05) is 12.1 Å². The molecule has 1 aromatic rings. The van der Waals surface area contributed by atoms with E-state index in [0.717, 1.165) is 37.5 Å². The third kappa shape index (κ3) is 4.94. The minimum Gasteiger partial charge on any atom is -0.397 e. The van der Waals surface area contributed by atoms with Crippen LogP contribution < -0.4 is 10.6 Å². The molecule has 0 aliphatic rings. The van der Waals surface area contributed by atoms with Crippen LogP contribution in [0.15, 0.2) is 24.3 Å². The number of methoxy groups -OCH3 is 1. The molecule has 4 heteroatoms. The number of rotatable bonds is 9. The Morgan fingerprint density at radius 1 is 1.17 bits per heavy atom. The number of anilines is 2. The predicted octanol–water partition coefficient (Wildman–Crippen LogP) is 2.15. The van der Waals surface area contributed by atoms with Gasteiger partial charge in [-0.3, -0.25) is 0 Å². The maximum absolute atomic E-state index is 5.98. The molecule has 1 rings (SSSR count). The van der Waals surface area contributed by atoms with Crippen molar-refractivity contribution in [1.82, 2.24) is 0 Å². The van der Waals surface area contributed by atoms with Crippen molar-refractivity contribution in [2.45, 2.75) is 13.3 Å². The molecular formula is C14H24N2O2. The van der Waals surface area contributed by atoms with Crippen LogP contribution in [0.25, 0.3) is 0 Å². The highest BCUT2D eigenvalue weighted by Crippen LogP contribution is 2.22. The molecule has 2 N–H and O–H groups in total. The van der Waals surface area contributed by atoms with Crippen LogP contribution in [0.1, 0.15) is 13.3 Å². The van der Waals surface area contributed by atoms with Crippen molar-refractivity contribution >= 4 is 11.4 Å². The molecule has 0 atom stereocenters. The van der Waals surface area contributed by atoms with E-state index in [2.05, 4.69) is 17.9 Å². The molecule has 18 heavy (non-hydrogen) atoms. The second kappa shape index (κ2) is 8.78. The molecule has 4 nitrogen and oxygen atoms in total. The number of benzene rings is 1. The van der Waals surface area contributed by atoms with Gasteiger partial charge in [0.25, 0.3) is 0 Å². The summed E-state index contributed by atoms with van der Waals surface area (Å²) in [5.41, 5.74) is 7.92. The van der Waals surface area contributed by atoms with Crippen molar-refractivity contribution < 1.29 is 9.47 Å². The zero-order chi connectivity index (χ0) is 13.2. The van der Waals surface area contributed by atoms with E-state index >= 15 is 0 Å². The summed E-state index contributed by atoms with van der Waals surface area (Å²) in [6.07, 6.45) is 0.992. The SMILES string of the molecule is CCN(CCCOCCOC)c1ccccc1N. The molecule has 0 bridgehead atoms. The van der Waals surface area contributed by atoms with Gasteiger partial charge in [-0.2, -0.15) is 0 Å². The Morgan fingerprint density at radius 2 is 1.94 bits per heavy atom. The van der Waals surface area contributed by atoms with Gasteiger partial charge >= 0.3 is 0 Å². The summed E-state index contributed by atoms with van der Waals surface area (Å²) in [7, 11) is 1.68. The van der Waals surface area contributed by atoms with Gasteiger partial charge in [-0.15, -0.1) is 0 Å². The first-order valence-electron chi connectivity index (χ1n) is 6.45. The van der Waals surface area contributed by atoms with Crippen LogP contribution in [0.5, 0.6) is 0 Å². The molecule has 0 saturated heterocycles. The van der Waals surface area contributed by atoms with Gasteiger partial charge in [0.2, 0.25) is 0 Å². The Kier molecular flexibility index (Phi) is 7.22. The smallest absolute Gasteiger partial charge is 0.0700 e. The highest BCUT2D eigenvalue weighted by Gasteiger charge is 2.06. The van der Waals surface area contributed by atoms with Crippen LogP contribution in [-0.2, 0) is 9.47 Å². The van der Waals surface area contributed by atoms with Crippen molar-refractivity contribution in [1.29, 1.82) is 0 Å². The number of nitrogen functional groups attached to an aromatic ring is 1. The summed E-state index contributed by atoms with van der Waals surface area (Å²) in [5.74, 6) is 0. The first-order valence-corrected chi connectivity index (χ1v) is 6.45. The molecule has 0 amide bonds. The van der Waals surface area contributed by atoms with E-state index in [-0.39, 0.29) is 0 Å².